The highest BCUT2D eigenvalue weighted by molar-refractivity contribution is 5.97. The molecule has 8 nitrogen and oxygen atoms in total. The molecule has 3 N–H and O–H groups in total. The maximum absolute atomic E-state index is 12.2. The van der Waals surface area contributed by atoms with Crippen LogP contribution in [0.15, 0.2) is 11.0 Å². The summed E-state index contributed by atoms with van der Waals surface area (Å²) in [6.45, 7) is 0.845. The van der Waals surface area contributed by atoms with Gasteiger partial charge in [0.1, 0.15) is 5.56 Å². The number of aromatic carboxylic acids is 1. The van der Waals surface area contributed by atoms with E-state index >= 15 is 0 Å². The van der Waals surface area contributed by atoms with Crippen LogP contribution in [0.3, 0.4) is 0 Å². The summed E-state index contributed by atoms with van der Waals surface area (Å²) in [5.74, 6) is -2.84. The number of carboxylic acid groups (broad SMARTS) is 1. The van der Waals surface area contributed by atoms with Gasteiger partial charge < -0.3 is 24.8 Å². The van der Waals surface area contributed by atoms with Gasteiger partial charge in [-0.2, -0.15) is 0 Å². The van der Waals surface area contributed by atoms with Crippen LogP contribution in [0.2, 0.25) is 0 Å². The molecule has 1 amide bonds. The Labute approximate surface area is 113 Å². The van der Waals surface area contributed by atoms with Gasteiger partial charge in [0.15, 0.2) is 11.4 Å². The lowest BCUT2D eigenvalue weighted by Crippen LogP contribution is -2.42. The fraction of sp³-hybridized carbons (Fsp3) is 0.417. The van der Waals surface area contributed by atoms with Crippen LogP contribution in [0.25, 0.3) is 0 Å². The Balaban J connectivity index is 2.46. The third kappa shape index (κ3) is 2.25. The zero-order chi connectivity index (χ0) is 14.9. The molecule has 1 aromatic rings. The predicted molar refractivity (Wildman–Crippen MR) is 66.9 cm³/mol. The van der Waals surface area contributed by atoms with Crippen molar-refractivity contribution in [3.63, 3.8) is 0 Å². The van der Waals surface area contributed by atoms with E-state index in [1.807, 2.05) is 0 Å². The second-order valence-electron chi connectivity index (χ2n) is 4.44. The zero-order valence-corrected chi connectivity index (χ0v) is 10.6. The highest BCUT2D eigenvalue weighted by Crippen LogP contribution is 2.20. The second kappa shape index (κ2) is 5.33. The van der Waals surface area contributed by atoms with Crippen molar-refractivity contribution >= 4 is 11.9 Å². The van der Waals surface area contributed by atoms with Gasteiger partial charge in [0.05, 0.1) is 0 Å². The molecule has 0 aliphatic carbocycles. The van der Waals surface area contributed by atoms with Crippen LogP contribution in [0.1, 0.15) is 27.3 Å². The van der Waals surface area contributed by atoms with Gasteiger partial charge in [-0.05, 0) is 6.42 Å². The molecule has 0 spiro atoms. The molecular formula is C12H14N2O6. The Morgan fingerprint density at radius 1 is 1.30 bits per heavy atom. The zero-order valence-electron chi connectivity index (χ0n) is 10.6. The highest BCUT2D eigenvalue weighted by atomic mass is 16.4. The molecule has 2 rings (SSSR count). The standard InChI is InChI=1S/C12H14N2O6/c15-5-1-2-13-3-4-14-6-7(12(19)20)9(16)10(17)8(14)11(13)18/h6,15,17H,1-5H2,(H,19,20). The van der Waals surface area contributed by atoms with E-state index in [1.165, 1.54) is 9.47 Å². The third-order valence-electron chi connectivity index (χ3n) is 3.17. The van der Waals surface area contributed by atoms with Gasteiger partial charge in [0.25, 0.3) is 5.91 Å². The van der Waals surface area contributed by atoms with Crippen molar-refractivity contribution in [1.82, 2.24) is 9.47 Å². The van der Waals surface area contributed by atoms with Crippen LogP contribution in [-0.4, -0.2) is 56.4 Å². The molecule has 108 valence electrons. The summed E-state index contributed by atoms with van der Waals surface area (Å²) in [6.07, 6.45) is 1.46. The van der Waals surface area contributed by atoms with E-state index in [1.54, 1.807) is 0 Å². The van der Waals surface area contributed by atoms with Crippen molar-refractivity contribution in [3.05, 3.63) is 27.7 Å². The molecule has 0 fully saturated rings. The Hall–Kier alpha value is -2.35. The van der Waals surface area contributed by atoms with Crippen LogP contribution < -0.4 is 5.43 Å². The van der Waals surface area contributed by atoms with E-state index in [9.17, 15) is 19.5 Å². The fourth-order valence-corrected chi connectivity index (χ4v) is 2.16. The van der Waals surface area contributed by atoms with E-state index in [4.69, 9.17) is 10.2 Å². The van der Waals surface area contributed by atoms with Crippen LogP contribution in [-0.2, 0) is 6.54 Å². The average Bonchev–Trinajstić information content (AvgIpc) is 2.41. The summed E-state index contributed by atoms with van der Waals surface area (Å²) < 4.78 is 1.28. The topological polar surface area (TPSA) is 120 Å². The quantitative estimate of drug-likeness (QED) is 0.657. The first kappa shape index (κ1) is 14.1. The van der Waals surface area contributed by atoms with Crippen molar-refractivity contribution in [3.8, 4) is 5.75 Å². The number of hydrogen-bond donors (Lipinski definition) is 3. The Morgan fingerprint density at radius 2 is 2.00 bits per heavy atom. The maximum atomic E-state index is 12.2. The van der Waals surface area contributed by atoms with E-state index in [2.05, 4.69) is 0 Å². The largest absolute Gasteiger partial charge is 0.503 e. The number of amides is 1. The molecule has 2 heterocycles. The molecule has 0 saturated carbocycles. The van der Waals surface area contributed by atoms with E-state index < -0.39 is 28.6 Å². The normalized spacial score (nSPS) is 14.2. The number of aromatic nitrogens is 1. The first-order valence-corrected chi connectivity index (χ1v) is 6.07. The number of fused-ring (bicyclic) bond motifs is 1. The minimum Gasteiger partial charge on any atom is -0.503 e. The van der Waals surface area contributed by atoms with Crippen molar-refractivity contribution in [2.75, 3.05) is 19.7 Å². The van der Waals surface area contributed by atoms with Crippen molar-refractivity contribution < 1.29 is 24.9 Å². The summed E-state index contributed by atoms with van der Waals surface area (Å²) in [4.78, 5) is 36.2. The van der Waals surface area contributed by atoms with Crippen LogP contribution in [0, 0.1) is 0 Å². The van der Waals surface area contributed by atoms with Gasteiger partial charge in [-0.15, -0.1) is 0 Å². The number of aliphatic hydroxyl groups is 1. The number of aromatic hydroxyl groups is 1. The molecule has 0 radical (unpaired) electrons. The molecular weight excluding hydrogens is 268 g/mol. The number of rotatable bonds is 4. The molecule has 0 aromatic carbocycles. The van der Waals surface area contributed by atoms with Crippen molar-refractivity contribution in [2.24, 2.45) is 0 Å². The Bertz CT molecular complexity index is 621. The van der Waals surface area contributed by atoms with Crippen molar-refractivity contribution in [1.29, 1.82) is 0 Å². The van der Waals surface area contributed by atoms with Crippen LogP contribution in [0.4, 0.5) is 0 Å². The Morgan fingerprint density at radius 3 is 2.60 bits per heavy atom. The first-order chi connectivity index (χ1) is 9.47. The SMILES string of the molecule is O=C(O)c1cn2c(c(O)c1=O)C(=O)N(CCCO)CC2. The lowest BCUT2D eigenvalue weighted by Gasteiger charge is -2.30. The molecule has 1 aliphatic rings. The molecule has 20 heavy (non-hydrogen) atoms. The van der Waals surface area contributed by atoms with Gasteiger partial charge in [0, 0.05) is 32.4 Å². The number of carbonyl (C=O) groups is 2. The molecule has 1 aliphatic heterocycles. The number of carbonyl (C=O) groups excluding carboxylic acids is 1. The van der Waals surface area contributed by atoms with Crippen LogP contribution in [0.5, 0.6) is 5.75 Å². The van der Waals surface area contributed by atoms with E-state index in [-0.39, 0.29) is 18.8 Å². The number of hydrogen-bond acceptors (Lipinski definition) is 5. The minimum absolute atomic E-state index is 0.0689. The summed E-state index contributed by atoms with van der Waals surface area (Å²) in [5.41, 5.74) is -1.84. The summed E-state index contributed by atoms with van der Waals surface area (Å²) in [7, 11) is 0. The number of pyridine rings is 1. The summed E-state index contributed by atoms with van der Waals surface area (Å²) in [5, 5.41) is 27.4. The molecule has 1 aromatic heterocycles. The highest BCUT2D eigenvalue weighted by Gasteiger charge is 2.30. The molecule has 0 bridgehead atoms. The van der Waals surface area contributed by atoms with Gasteiger partial charge in [-0.3, -0.25) is 9.59 Å². The van der Waals surface area contributed by atoms with E-state index in [0.717, 1.165) is 6.20 Å². The van der Waals surface area contributed by atoms with E-state index in [0.29, 0.717) is 19.5 Å². The van der Waals surface area contributed by atoms with Gasteiger partial charge >= 0.3 is 5.97 Å². The Kier molecular flexibility index (Phi) is 3.75. The monoisotopic (exact) mass is 282 g/mol. The maximum Gasteiger partial charge on any atom is 0.341 e. The molecule has 0 saturated heterocycles. The smallest absolute Gasteiger partial charge is 0.341 e. The van der Waals surface area contributed by atoms with Crippen molar-refractivity contribution in [2.45, 2.75) is 13.0 Å². The fourth-order valence-electron chi connectivity index (χ4n) is 2.16. The number of nitrogens with zero attached hydrogens (tertiary/aromatic N) is 2. The average molecular weight is 282 g/mol. The molecule has 0 unspecified atom stereocenters. The van der Waals surface area contributed by atoms with Crippen LogP contribution >= 0.6 is 0 Å². The predicted octanol–water partition coefficient (Wildman–Crippen LogP) is -0.910. The first-order valence-electron chi connectivity index (χ1n) is 6.07. The summed E-state index contributed by atoms with van der Waals surface area (Å²) >= 11 is 0. The van der Waals surface area contributed by atoms with Gasteiger partial charge in [-0.25, -0.2) is 4.79 Å². The molecule has 8 heteroatoms. The lowest BCUT2D eigenvalue weighted by molar-refractivity contribution is 0.0664. The number of carboxylic acids is 1. The lowest BCUT2D eigenvalue weighted by atomic mass is 10.1. The van der Waals surface area contributed by atoms with Gasteiger partial charge in [0.2, 0.25) is 5.43 Å². The third-order valence-corrected chi connectivity index (χ3v) is 3.17. The minimum atomic E-state index is -1.45. The molecule has 0 atom stereocenters. The summed E-state index contributed by atoms with van der Waals surface area (Å²) in [6, 6.07) is 0. The number of aliphatic hydroxyl groups excluding tert-OH is 1. The van der Waals surface area contributed by atoms with Gasteiger partial charge in [-0.1, -0.05) is 0 Å². The second-order valence-corrected chi connectivity index (χ2v) is 4.44.